The molecule has 0 saturated heterocycles. The second-order valence-electron chi connectivity index (χ2n) is 3.85. The summed E-state index contributed by atoms with van der Waals surface area (Å²) in [6, 6.07) is 0. The standard InChI is InChI=1S/C20H20/c1-2-4-6-8-10-12-14-16-18-20-19-17-15-13-11-9-7-5-3-1/h1-20H/b2-1-,3-1?,4-2?,5-3+,6-4+,7-5?,8-6?,9-7-,10-8-,11-9?,12-10?,13-11+,14-12+,15-13?,16-14?,17-15+,18-16+,19-17?,20-18?,20-19-. The zero-order valence-corrected chi connectivity index (χ0v) is 11.5. The molecule has 100 valence electrons. The highest BCUT2D eigenvalue weighted by molar-refractivity contribution is 5.24. The van der Waals surface area contributed by atoms with Gasteiger partial charge in [0.05, 0.1) is 0 Å². The fourth-order valence-electron chi connectivity index (χ4n) is 1.28. The van der Waals surface area contributed by atoms with Crippen molar-refractivity contribution in [2.45, 2.75) is 0 Å². The number of allylic oxidation sites excluding steroid dienone is 20. The van der Waals surface area contributed by atoms with E-state index in [1.165, 1.54) is 0 Å². The molecule has 0 saturated carbocycles. The molecule has 0 amide bonds. The summed E-state index contributed by atoms with van der Waals surface area (Å²) in [5.74, 6) is 0. The molecule has 0 heteroatoms. The van der Waals surface area contributed by atoms with Gasteiger partial charge in [-0.1, -0.05) is 122 Å². The highest BCUT2D eigenvalue weighted by atomic mass is 13.7. The van der Waals surface area contributed by atoms with Crippen LogP contribution in [0.1, 0.15) is 0 Å². The molecule has 0 spiro atoms. The Hall–Kier alpha value is -2.60. The van der Waals surface area contributed by atoms with E-state index in [0.29, 0.717) is 0 Å². The second-order valence-corrected chi connectivity index (χ2v) is 3.85. The van der Waals surface area contributed by atoms with Crippen LogP contribution in [0.2, 0.25) is 0 Å². The van der Waals surface area contributed by atoms with Crippen molar-refractivity contribution >= 4 is 0 Å². The summed E-state index contributed by atoms with van der Waals surface area (Å²) in [7, 11) is 0. The van der Waals surface area contributed by atoms with Crippen molar-refractivity contribution < 1.29 is 0 Å². The van der Waals surface area contributed by atoms with Gasteiger partial charge in [0.1, 0.15) is 0 Å². The van der Waals surface area contributed by atoms with E-state index in [4.69, 9.17) is 0 Å². The molecule has 0 aromatic heterocycles. The third-order valence-corrected chi connectivity index (χ3v) is 2.22. The van der Waals surface area contributed by atoms with Crippen LogP contribution < -0.4 is 0 Å². The maximum absolute atomic E-state index is 2.00. The molecule has 0 aliphatic heterocycles. The van der Waals surface area contributed by atoms with E-state index in [2.05, 4.69) is 0 Å². The lowest BCUT2D eigenvalue weighted by molar-refractivity contribution is 1.81. The molecule has 0 unspecified atom stereocenters. The molecule has 1 rings (SSSR count). The first kappa shape index (κ1) is 15.5. The van der Waals surface area contributed by atoms with Crippen molar-refractivity contribution in [3.8, 4) is 0 Å². The fraction of sp³-hybridized carbons (Fsp3) is 0. The first-order chi connectivity index (χ1) is 10.0. The minimum absolute atomic E-state index is 2.00. The molecule has 0 radical (unpaired) electrons. The van der Waals surface area contributed by atoms with Gasteiger partial charge in [-0.15, -0.1) is 0 Å². The van der Waals surface area contributed by atoms with Crippen molar-refractivity contribution in [2.75, 3.05) is 0 Å². The van der Waals surface area contributed by atoms with Crippen LogP contribution in [0.25, 0.3) is 0 Å². The van der Waals surface area contributed by atoms with Gasteiger partial charge in [0.2, 0.25) is 0 Å². The number of hydrogen-bond acceptors (Lipinski definition) is 0. The predicted octanol–water partition coefficient (Wildman–Crippen LogP) is 5.56. The Morgan fingerprint density at radius 1 is 0.100 bits per heavy atom. The monoisotopic (exact) mass is 260 g/mol. The van der Waals surface area contributed by atoms with Crippen molar-refractivity contribution in [1.82, 2.24) is 0 Å². The van der Waals surface area contributed by atoms with E-state index in [1.807, 2.05) is 122 Å². The van der Waals surface area contributed by atoms with Crippen LogP contribution in [0.3, 0.4) is 0 Å². The summed E-state index contributed by atoms with van der Waals surface area (Å²) in [5, 5.41) is 0. The van der Waals surface area contributed by atoms with E-state index in [9.17, 15) is 0 Å². The first-order valence-corrected chi connectivity index (χ1v) is 6.67. The molecule has 0 N–H and O–H groups in total. The van der Waals surface area contributed by atoms with Crippen LogP contribution in [-0.4, -0.2) is 0 Å². The lowest BCUT2D eigenvalue weighted by atomic mass is 10.3. The third kappa shape index (κ3) is 10.5. The average Bonchev–Trinajstić information content (AvgIpc) is 2.46. The average molecular weight is 260 g/mol. The van der Waals surface area contributed by atoms with E-state index in [-0.39, 0.29) is 0 Å². The van der Waals surface area contributed by atoms with Gasteiger partial charge in [-0.2, -0.15) is 0 Å². The van der Waals surface area contributed by atoms with E-state index in [1.54, 1.807) is 0 Å². The Morgan fingerprint density at radius 3 is 0.200 bits per heavy atom. The first-order valence-electron chi connectivity index (χ1n) is 6.67. The Kier molecular flexibility index (Phi) is 9.93. The zero-order chi connectivity index (χ0) is 14.1. The highest BCUT2D eigenvalue weighted by Gasteiger charge is 1.66. The summed E-state index contributed by atoms with van der Waals surface area (Å²) in [6.45, 7) is 0. The predicted molar refractivity (Wildman–Crippen MR) is 91.4 cm³/mol. The van der Waals surface area contributed by atoms with Crippen molar-refractivity contribution in [3.63, 3.8) is 0 Å². The Morgan fingerprint density at radius 2 is 0.150 bits per heavy atom. The van der Waals surface area contributed by atoms with Gasteiger partial charge in [-0.05, 0) is 0 Å². The summed E-state index contributed by atoms with van der Waals surface area (Å²) < 4.78 is 0. The van der Waals surface area contributed by atoms with Gasteiger partial charge < -0.3 is 0 Å². The van der Waals surface area contributed by atoms with Crippen molar-refractivity contribution in [3.05, 3.63) is 122 Å². The van der Waals surface area contributed by atoms with Gasteiger partial charge in [0.25, 0.3) is 0 Å². The maximum Gasteiger partial charge on any atom is -0.0623 e. The van der Waals surface area contributed by atoms with Crippen LogP contribution in [0.4, 0.5) is 0 Å². The smallest absolute Gasteiger partial charge is 0.0623 e. The molecule has 20 heavy (non-hydrogen) atoms. The minimum Gasteiger partial charge on any atom is -0.0623 e. The maximum atomic E-state index is 2.00. The number of rotatable bonds is 0. The fourth-order valence-corrected chi connectivity index (χ4v) is 1.28. The van der Waals surface area contributed by atoms with E-state index < -0.39 is 0 Å². The molecular weight excluding hydrogens is 240 g/mol. The molecular formula is C20H20. The van der Waals surface area contributed by atoms with Crippen LogP contribution in [-0.2, 0) is 0 Å². The molecule has 0 atom stereocenters. The van der Waals surface area contributed by atoms with Crippen LogP contribution in [0.15, 0.2) is 122 Å². The van der Waals surface area contributed by atoms with Crippen LogP contribution in [0, 0.1) is 0 Å². The highest BCUT2D eigenvalue weighted by Crippen LogP contribution is 1.88. The third-order valence-electron chi connectivity index (χ3n) is 2.22. The Bertz CT molecular complexity index is 318. The zero-order valence-electron chi connectivity index (χ0n) is 11.5. The number of hydrogen-bond donors (Lipinski definition) is 0. The lowest BCUT2D eigenvalue weighted by Gasteiger charge is -1.77. The van der Waals surface area contributed by atoms with E-state index in [0.717, 1.165) is 0 Å². The summed E-state index contributed by atoms with van der Waals surface area (Å²) >= 11 is 0. The van der Waals surface area contributed by atoms with E-state index >= 15 is 0 Å². The van der Waals surface area contributed by atoms with Gasteiger partial charge in [0, 0.05) is 0 Å². The molecule has 1 aliphatic carbocycles. The van der Waals surface area contributed by atoms with Gasteiger partial charge >= 0.3 is 0 Å². The van der Waals surface area contributed by atoms with Crippen molar-refractivity contribution in [1.29, 1.82) is 0 Å². The molecule has 0 aromatic rings. The molecule has 1 aliphatic rings. The van der Waals surface area contributed by atoms with Crippen molar-refractivity contribution in [2.24, 2.45) is 0 Å². The van der Waals surface area contributed by atoms with Gasteiger partial charge in [0.15, 0.2) is 0 Å². The lowest BCUT2D eigenvalue weighted by Crippen LogP contribution is -1.55. The minimum atomic E-state index is 2.00. The van der Waals surface area contributed by atoms with Gasteiger partial charge in [-0.3, -0.25) is 0 Å². The summed E-state index contributed by atoms with van der Waals surface area (Å²) in [4.78, 5) is 0. The van der Waals surface area contributed by atoms with Crippen LogP contribution >= 0.6 is 0 Å². The molecule has 0 heterocycles. The normalized spacial score (nSPS) is 32.0. The Balaban J connectivity index is 2.67. The van der Waals surface area contributed by atoms with Crippen LogP contribution in [0.5, 0.6) is 0 Å². The topological polar surface area (TPSA) is 0 Å². The molecule has 0 aromatic carbocycles. The SMILES string of the molecule is C1=C\C=C\C=C/C=C/C=C/C=C\C=C\C=C\C=C/C=C/1. The molecule has 0 bridgehead atoms. The largest absolute Gasteiger partial charge is 0.0623 e. The molecule has 0 nitrogen and oxygen atoms in total. The summed E-state index contributed by atoms with van der Waals surface area (Å²) in [5.41, 5.74) is 0. The quantitative estimate of drug-likeness (QED) is 0.534. The second kappa shape index (κ2) is 12.8. The van der Waals surface area contributed by atoms with Gasteiger partial charge in [-0.25, -0.2) is 0 Å². The molecule has 0 fully saturated rings. The summed E-state index contributed by atoms with van der Waals surface area (Å²) in [6.07, 6.45) is 40.0. The Labute approximate surface area is 122 Å².